The predicted octanol–water partition coefficient (Wildman–Crippen LogP) is 7.45. The SMILES string of the molecule is COc1cccc(-c2csc(NC(=O)C(Sc3cccc(NC(=O)c4ccc([N+](=O)[O-])cc4)c3)c3ccccc3)n2)c1. The maximum atomic E-state index is 13.6. The summed E-state index contributed by atoms with van der Waals surface area (Å²) in [7, 11) is 1.61. The number of anilines is 2. The lowest BCUT2D eigenvalue weighted by Crippen LogP contribution is -2.19. The van der Waals surface area contributed by atoms with Crippen LogP contribution in [-0.4, -0.2) is 28.8 Å². The van der Waals surface area contributed by atoms with Crippen LogP contribution in [0.25, 0.3) is 11.3 Å². The number of thioether (sulfide) groups is 1. The van der Waals surface area contributed by atoms with Crippen LogP contribution in [0.1, 0.15) is 21.2 Å². The van der Waals surface area contributed by atoms with Gasteiger partial charge in [-0.15, -0.1) is 23.1 Å². The highest BCUT2D eigenvalue weighted by atomic mass is 32.2. The number of hydrogen-bond acceptors (Lipinski definition) is 8. The minimum absolute atomic E-state index is 0.0931. The van der Waals surface area contributed by atoms with E-state index in [1.807, 2.05) is 66.0 Å². The van der Waals surface area contributed by atoms with Crippen LogP contribution in [0.3, 0.4) is 0 Å². The molecule has 0 aliphatic heterocycles. The van der Waals surface area contributed by atoms with Crippen molar-refractivity contribution in [3.05, 3.63) is 130 Å². The normalized spacial score (nSPS) is 11.4. The number of nitrogens with zero attached hydrogens (tertiary/aromatic N) is 2. The molecule has 1 unspecified atom stereocenters. The summed E-state index contributed by atoms with van der Waals surface area (Å²) >= 11 is 2.68. The van der Waals surface area contributed by atoms with Crippen molar-refractivity contribution in [3.8, 4) is 17.0 Å². The van der Waals surface area contributed by atoms with Crippen LogP contribution in [-0.2, 0) is 4.79 Å². The van der Waals surface area contributed by atoms with Gasteiger partial charge in [0.15, 0.2) is 5.13 Å². The van der Waals surface area contributed by atoms with Gasteiger partial charge in [-0.3, -0.25) is 19.7 Å². The van der Waals surface area contributed by atoms with Crippen LogP contribution in [0.15, 0.2) is 113 Å². The fourth-order valence-electron chi connectivity index (χ4n) is 4.04. The summed E-state index contributed by atoms with van der Waals surface area (Å²) < 4.78 is 5.31. The van der Waals surface area contributed by atoms with Gasteiger partial charge in [-0.05, 0) is 48.0 Å². The molecular weight excluding hydrogens is 572 g/mol. The van der Waals surface area contributed by atoms with Gasteiger partial charge in [0.1, 0.15) is 11.0 Å². The van der Waals surface area contributed by atoms with Gasteiger partial charge in [-0.1, -0.05) is 48.5 Å². The molecule has 11 heteroatoms. The maximum Gasteiger partial charge on any atom is 0.269 e. The summed E-state index contributed by atoms with van der Waals surface area (Å²) in [4.78, 5) is 42.1. The first-order valence-electron chi connectivity index (χ1n) is 12.7. The number of amides is 2. The lowest BCUT2D eigenvalue weighted by Gasteiger charge is -2.17. The number of ether oxygens (including phenoxy) is 1. The number of nitro groups is 1. The van der Waals surface area contributed by atoms with Gasteiger partial charge in [0, 0.05) is 39.2 Å². The van der Waals surface area contributed by atoms with E-state index in [-0.39, 0.29) is 17.2 Å². The Balaban J connectivity index is 1.32. The van der Waals surface area contributed by atoms with Gasteiger partial charge < -0.3 is 15.4 Å². The third-order valence-corrected chi connectivity index (χ3v) is 8.13. The molecule has 0 radical (unpaired) electrons. The summed E-state index contributed by atoms with van der Waals surface area (Å²) in [6, 6.07) is 29.5. The lowest BCUT2D eigenvalue weighted by molar-refractivity contribution is -0.384. The molecule has 0 aliphatic carbocycles. The Kier molecular flexibility index (Phi) is 8.90. The molecule has 1 heterocycles. The number of methoxy groups -OCH3 is 1. The molecule has 0 saturated carbocycles. The molecule has 4 aromatic carbocycles. The summed E-state index contributed by atoms with van der Waals surface area (Å²) in [5, 5.41) is 18.4. The van der Waals surface area contributed by atoms with Gasteiger partial charge in [-0.2, -0.15) is 0 Å². The monoisotopic (exact) mass is 596 g/mol. The number of non-ortho nitro benzene ring substituents is 1. The molecule has 2 amide bonds. The fraction of sp³-hybridized carbons (Fsp3) is 0.0645. The number of nitro benzene ring substituents is 1. The second kappa shape index (κ2) is 13.1. The van der Waals surface area contributed by atoms with E-state index in [9.17, 15) is 19.7 Å². The second-order valence-corrected chi connectivity index (χ2v) is 11.0. The highest BCUT2D eigenvalue weighted by molar-refractivity contribution is 8.00. The summed E-state index contributed by atoms with van der Waals surface area (Å²) in [5.74, 6) is 0.0795. The largest absolute Gasteiger partial charge is 0.497 e. The van der Waals surface area contributed by atoms with Crippen molar-refractivity contribution >= 4 is 51.4 Å². The van der Waals surface area contributed by atoms with Crippen molar-refractivity contribution in [1.82, 2.24) is 4.98 Å². The second-order valence-electron chi connectivity index (χ2n) is 8.95. The Morgan fingerprint density at radius 2 is 1.69 bits per heavy atom. The molecule has 0 spiro atoms. The van der Waals surface area contributed by atoms with Gasteiger partial charge in [0.25, 0.3) is 11.6 Å². The number of thiazole rings is 1. The Hall–Kier alpha value is -5.00. The van der Waals surface area contributed by atoms with E-state index in [4.69, 9.17) is 4.74 Å². The number of rotatable bonds is 10. The molecule has 0 bridgehead atoms. The zero-order valence-corrected chi connectivity index (χ0v) is 23.9. The molecule has 1 aromatic heterocycles. The summed E-state index contributed by atoms with van der Waals surface area (Å²) in [5.41, 5.74) is 3.15. The summed E-state index contributed by atoms with van der Waals surface area (Å²) in [6.07, 6.45) is 0. The molecule has 0 aliphatic rings. The predicted molar refractivity (Wildman–Crippen MR) is 165 cm³/mol. The molecule has 5 aromatic rings. The van der Waals surface area contributed by atoms with Gasteiger partial charge >= 0.3 is 0 Å². The Morgan fingerprint density at radius 3 is 2.43 bits per heavy atom. The third-order valence-electron chi connectivity index (χ3n) is 6.13. The number of hydrogen-bond donors (Lipinski definition) is 2. The van der Waals surface area contributed by atoms with Crippen LogP contribution < -0.4 is 15.4 Å². The Bertz CT molecular complexity index is 1730. The standard InChI is InChI=1S/C31H24N4O5S2/c1-40-25-11-5-9-22(17-25)27-19-41-31(33-27)34-30(37)28(20-7-3-2-4-8-20)42-26-12-6-10-23(18-26)32-29(36)21-13-15-24(16-14-21)35(38)39/h2-19,28H,1H3,(H,32,36)(H,33,34,37). The first-order chi connectivity index (χ1) is 20.4. The molecule has 9 nitrogen and oxygen atoms in total. The van der Waals surface area contributed by atoms with E-state index < -0.39 is 16.1 Å². The lowest BCUT2D eigenvalue weighted by atomic mass is 10.1. The first-order valence-corrected chi connectivity index (χ1v) is 14.4. The van der Waals surface area contributed by atoms with Crippen molar-refractivity contribution in [1.29, 1.82) is 0 Å². The topological polar surface area (TPSA) is 123 Å². The average Bonchev–Trinajstić information content (AvgIpc) is 3.49. The van der Waals surface area contributed by atoms with E-state index in [0.29, 0.717) is 10.8 Å². The van der Waals surface area contributed by atoms with Crippen molar-refractivity contribution in [2.24, 2.45) is 0 Å². The van der Waals surface area contributed by atoms with E-state index >= 15 is 0 Å². The third kappa shape index (κ3) is 7.00. The number of nitrogens with one attached hydrogen (secondary N) is 2. The molecule has 210 valence electrons. The molecule has 0 saturated heterocycles. The number of carbonyl (C=O) groups is 2. The average molecular weight is 597 g/mol. The smallest absolute Gasteiger partial charge is 0.269 e. The van der Waals surface area contributed by atoms with Crippen LogP contribution >= 0.6 is 23.1 Å². The number of aromatic nitrogens is 1. The highest BCUT2D eigenvalue weighted by Gasteiger charge is 2.23. The maximum absolute atomic E-state index is 13.6. The minimum Gasteiger partial charge on any atom is -0.497 e. The van der Waals surface area contributed by atoms with E-state index in [1.54, 1.807) is 25.3 Å². The van der Waals surface area contributed by atoms with Crippen molar-refractivity contribution in [2.45, 2.75) is 10.1 Å². The molecule has 42 heavy (non-hydrogen) atoms. The van der Waals surface area contributed by atoms with Gasteiger partial charge in [0.05, 0.1) is 17.7 Å². The van der Waals surface area contributed by atoms with Crippen molar-refractivity contribution in [3.63, 3.8) is 0 Å². The molecule has 5 rings (SSSR count). The first kappa shape index (κ1) is 28.5. The molecular formula is C31H24N4O5S2. The van der Waals surface area contributed by atoms with Crippen LogP contribution in [0, 0.1) is 10.1 Å². The number of benzene rings is 4. The zero-order valence-electron chi connectivity index (χ0n) is 22.2. The number of carbonyl (C=O) groups excluding carboxylic acids is 2. The van der Waals surface area contributed by atoms with E-state index in [0.717, 1.165) is 27.5 Å². The zero-order chi connectivity index (χ0) is 29.5. The van der Waals surface area contributed by atoms with Crippen LogP contribution in [0.4, 0.5) is 16.5 Å². The summed E-state index contributed by atoms with van der Waals surface area (Å²) in [6.45, 7) is 0. The molecule has 0 fully saturated rings. The van der Waals surface area contributed by atoms with Gasteiger partial charge in [-0.25, -0.2) is 4.98 Å². The molecule has 1 atom stereocenters. The van der Waals surface area contributed by atoms with E-state index in [2.05, 4.69) is 15.6 Å². The Labute approximate surface area is 249 Å². The molecule has 2 N–H and O–H groups in total. The van der Waals surface area contributed by atoms with Crippen molar-refractivity contribution in [2.75, 3.05) is 17.7 Å². The Morgan fingerprint density at radius 1 is 0.929 bits per heavy atom. The minimum atomic E-state index is -0.601. The van der Waals surface area contributed by atoms with Crippen LogP contribution in [0.2, 0.25) is 0 Å². The fourth-order valence-corrected chi connectivity index (χ4v) is 5.84. The van der Waals surface area contributed by atoms with E-state index in [1.165, 1.54) is 47.4 Å². The van der Waals surface area contributed by atoms with Crippen LogP contribution in [0.5, 0.6) is 5.75 Å². The van der Waals surface area contributed by atoms with Gasteiger partial charge in [0.2, 0.25) is 5.91 Å². The quantitative estimate of drug-likeness (QED) is 0.0975. The van der Waals surface area contributed by atoms with Crippen molar-refractivity contribution < 1.29 is 19.2 Å². The highest BCUT2D eigenvalue weighted by Crippen LogP contribution is 2.38.